The van der Waals surface area contributed by atoms with Crippen molar-refractivity contribution in [3.63, 3.8) is 0 Å². The molecule has 7 nitrogen and oxygen atoms in total. The van der Waals surface area contributed by atoms with Gasteiger partial charge in [-0.1, -0.05) is 12.1 Å². The SMILES string of the molecule is COc1nc(-n2ccn(Cc3cccc(F)c3)c2=O)ccc1-c1cn[nH]c1. The lowest BCUT2D eigenvalue weighted by Crippen LogP contribution is -2.24. The Hall–Kier alpha value is -3.68. The lowest BCUT2D eigenvalue weighted by molar-refractivity contribution is 0.399. The molecule has 0 amide bonds. The molecule has 3 heterocycles. The smallest absolute Gasteiger partial charge is 0.334 e. The summed E-state index contributed by atoms with van der Waals surface area (Å²) in [6.45, 7) is 0.272. The maximum Gasteiger partial charge on any atom is 0.334 e. The van der Waals surface area contributed by atoms with Crippen LogP contribution in [0.15, 0.2) is 66.0 Å². The number of nitrogens with zero attached hydrogens (tertiary/aromatic N) is 4. The first-order valence-electron chi connectivity index (χ1n) is 8.22. The lowest BCUT2D eigenvalue weighted by Gasteiger charge is -2.08. The standard InChI is InChI=1S/C19H16FN5O2/c1-27-18-16(14-10-21-22-11-14)5-6-17(23-18)25-8-7-24(19(25)26)12-13-3-2-4-15(20)9-13/h2-11H,12H2,1H3,(H,21,22). The molecule has 0 aliphatic rings. The van der Waals surface area contributed by atoms with Crippen molar-refractivity contribution in [2.24, 2.45) is 0 Å². The van der Waals surface area contributed by atoms with Crippen molar-refractivity contribution in [3.8, 4) is 22.8 Å². The predicted molar refractivity (Wildman–Crippen MR) is 97.5 cm³/mol. The van der Waals surface area contributed by atoms with Crippen molar-refractivity contribution in [1.29, 1.82) is 0 Å². The van der Waals surface area contributed by atoms with Crippen LogP contribution >= 0.6 is 0 Å². The van der Waals surface area contributed by atoms with Gasteiger partial charge >= 0.3 is 5.69 Å². The van der Waals surface area contributed by atoms with Gasteiger partial charge in [-0.05, 0) is 29.8 Å². The van der Waals surface area contributed by atoms with E-state index < -0.39 is 0 Å². The Balaban J connectivity index is 1.68. The van der Waals surface area contributed by atoms with Gasteiger partial charge in [0.1, 0.15) is 11.6 Å². The molecule has 0 bridgehead atoms. The maximum atomic E-state index is 13.4. The average Bonchev–Trinajstić information content (AvgIpc) is 3.32. The molecular weight excluding hydrogens is 349 g/mol. The number of H-pyrrole nitrogens is 1. The van der Waals surface area contributed by atoms with Crippen molar-refractivity contribution < 1.29 is 9.13 Å². The predicted octanol–water partition coefficient (Wildman–Crippen LogP) is 2.62. The number of aromatic nitrogens is 5. The molecule has 0 unspecified atom stereocenters. The Kier molecular flexibility index (Phi) is 4.29. The van der Waals surface area contributed by atoms with Crippen molar-refractivity contribution in [1.82, 2.24) is 24.3 Å². The molecule has 0 aliphatic heterocycles. The number of hydrogen-bond donors (Lipinski definition) is 1. The highest BCUT2D eigenvalue weighted by Crippen LogP contribution is 2.28. The van der Waals surface area contributed by atoms with Crippen LogP contribution in [0.25, 0.3) is 16.9 Å². The van der Waals surface area contributed by atoms with Crippen LogP contribution in [0, 0.1) is 5.82 Å². The minimum Gasteiger partial charge on any atom is -0.480 e. The average molecular weight is 365 g/mol. The summed E-state index contributed by atoms with van der Waals surface area (Å²) in [5, 5.41) is 6.67. The minimum atomic E-state index is -0.332. The number of halogens is 1. The Bertz CT molecular complexity index is 1130. The number of imidazole rings is 1. The highest BCUT2D eigenvalue weighted by Gasteiger charge is 2.13. The molecule has 0 saturated heterocycles. The largest absolute Gasteiger partial charge is 0.480 e. The molecule has 27 heavy (non-hydrogen) atoms. The second-order valence-corrected chi connectivity index (χ2v) is 5.92. The van der Waals surface area contributed by atoms with Crippen LogP contribution in [0.4, 0.5) is 4.39 Å². The molecule has 1 aromatic carbocycles. The van der Waals surface area contributed by atoms with Gasteiger partial charge in [-0.3, -0.25) is 14.2 Å². The fourth-order valence-electron chi connectivity index (χ4n) is 2.88. The second-order valence-electron chi connectivity index (χ2n) is 5.92. The number of nitrogens with one attached hydrogen (secondary N) is 1. The van der Waals surface area contributed by atoms with Crippen LogP contribution in [0.3, 0.4) is 0 Å². The normalized spacial score (nSPS) is 10.9. The van der Waals surface area contributed by atoms with E-state index >= 15 is 0 Å². The molecule has 8 heteroatoms. The zero-order valence-electron chi connectivity index (χ0n) is 14.5. The van der Waals surface area contributed by atoms with Crippen LogP contribution in [-0.2, 0) is 6.54 Å². The summed E-state index contributed by atoms with van der Waals surface area (Å²) in [6, 6.07) is 9.72. The van der Waals surface area contributed by atoms with Crippen molar-refractivity contribution in [2.75, 3.05) is 7.11 Å². The van der Waals surface area contributed by atoms with Gasteiger partial charge in [-0.15, -0.1) is 0 Å². The van der Waals surface area contributed by atoms with Crippen LogP contribution in [-0.4, -0.2) is 31.4 Å². The Morgan fingerprint density at radius 2 is 2.11 bits per heavy atom. The molecule has 1 N–H and O–H groups in total. The Morgan fingerprint density at radius 3 is 2.85 bits per heavy atom. The fraction of sp³-hybridized carbons (Fsp3) is 0.105. The Morgan fingerprint density at radius 1 is 1.22 bits per heavy atom. The first kappa shape index (κ1) is 16.8. The zero-order chi connectivity index (χ0) is 18.8. The van der Waals surface area contributed by atoms with E-state index in [1.54, 1.807) is 43.0 Å². The number of rotatable bonds is 5. The van der Waals surface area contributed by atoms with Gasteiger partial charge < -0.3 is 4.74 Å². The summed E-state index contributed by atoms with van der Waals surface area (Å²) in [4.78, 5) is 17.1. The minimum absolute atomic E-state index is 0.272. The molecule has 3 aromatic heterocycles. The van der Waals surface area contributed by atoms with Gasteiger partial charge in [0.2, 0.25) is 5.88 Å². The number of benzene rings is 1. The van der Waals surface area contributed by atoms with E-state index in [1.165, 1.54) is 28.4 Å². The molecule has 0 radical (unpaired) electrons. The number of methoxy groups -OCH3 is 1. The zero-order valence-corrected chi connectivity index (χ0v) is 14.5. The Labute approximate surface area is 153 Å². The van der Waals surface area contributed by atoms with E-state index in [9.17, 15) is 9.18 Å². The van der Waals surface area contributed by atoms with E-state index in [4.69, 9.17) is 4.74 Å². The highest BCUT2D eigenvalue weighted by molar-refractivity contribution is 5.67. The summed E-state index contributed by atoms with van der Waals surface area (Å²) < 4.78 is 21.6. The molecular formula is C19H16FN5O2. The topological polar surface area (TPSA) is 77.7 Å². The fourth-order valence-corrected chi connectivity index (χ4v) is 2.88. The van der Waals surface area contributed by atoms with Gasteiger partial charge in [0.15, 0.2) is 0 Å². The number of hydrogen-bond acceptors (Lipinski definition) is 4. The highest BCUT2D eigenvalue weighted by atomic mass is 19.1. The van der Waals surface area contributed by atoms with Crippen molar-refractivity contribution in [3.05, 3.63) is 83.1 Å². The third kappa shape index (κ3) is 3.24. The van der Waals surface area contributed by atoms with Gasteiger partial charge in [0.25, 0.3) is 0 Å². The molecule has 0 spiro atoms. The molecule has 0 atom stereocenters. The first-order valence-corrected chi connectivity index (χ1v) is 8.22. The van der Waals surface area contributed by atoms with E-state index in [-0.39, 0.29) is 18.1 Å². The van der Waals surface area contributed by atoms with E-state index in [2.05, 4.69) is 15.2 Å². The monoisotopic (exact) mass is 365 g/mol. The third-order valence-corrected chi connectivity index (χ3v) is 4.18. The van der Waals surface area contributed by atoms with Crippen LogP contribution in [0.1, 0.15) is 5.56 Å². The quantitative estimate of drug-likeness (QED) is 0.590. The summed E-state index contributed by atoms with van der Waals surface area (Å²) >= 11 is 0. The molecule has 4 rings (SSSR count). The third-order valence-electron chi connectivity index (χ3n) is 4.18. The summed E-state index contributed by atoms with van der Waals surface area (Å²) in [5.74, 6) is 0.488. The van der Waals surface area contributed by atoms with Gasteiger partial charge in [-0.25, -0.2) is 9.18 Å². The van der Waals surface area contributed by atoms with Crippen LogP contribution in [0.2, 0.25) is 0 Å². The van der Waals surface area contributed by atoms with Crippen LogP contribution < -0.4 is 10.4 Å². The molecule has 136 valence electrons. The van der Waals surface area contributed by atoms with Gasteiger partial charge in [0.05, 0.1) is 19.9 Å². The summed E-state index contributed by atoms with van der Waals surface area (Å²) in [6.07, 6.45) is 6.67. The summed E-state index contributed by atoms with van der Waals surface area (Å²) in [5.41, 5.74) is 2.03. The molecule has 0 saturated carbocycles. The second kappa shape index (κ2) is 6.91. The van der Waals surface area contributed by atoms with Crippen LogP contribution in [0.5, 0.6) is 5.88 Å². The lowest BCUT2D eigenvalue weighted by atomic mass is 10.1. The summed E-state index contributed by atoms with van der Waals surface area (Å²) in [7, 11) is 1.52. The van der Waals surface area contributed by atoms with E-state index in [1.807, 2.05) is 6.07 Å². The van der Waals surface area contributed by atoms with Gasteiger partial charge in [0, 0.05) is 29.7 Å². The van der Waals surface area contributed by atoms with Crippen molar-refractivity contribution in [2.45, 2.75) is 6.54 Å². The maximum absolute atomic E-state index is 13.4. The number of pyridine rings is 1. The van der Waals surface area contributed by atoms with E-state index in [0.717, 1.165) is 11.1 Å². The van der Waals surface area contributed by atoms with Crippen molar-refractivity contribution >= 4 is 0 Å². The molecule has 0 fully saturated rings. The van der Waals surface area contributed by atoms with E-state index in [0.29, 0.717) is 17.3 Å². The molecule has 0 aliphatic carbocycles. The first-order chi connectivity index (χ1) is 13.2. The number of ether oxygens (including phenoxy) is 1. The number of aromatic amines is 1. The van der Waals surface area contributed by atoms with Gasteiger partial charge in [-0.2, -0.15) is 10.1 Å². The molecule has 4 aromatic rings.